The van der Waals surface area contributed by atoms with Gasteiger partial charge in [-0.2, -0.15) is 0 Å². The van der Waals surface area contributed by atoms with Gasteiger partial charge in [0.1, 0.15) is 0 Å². The standard InChI is InChI=1S/C16H27F2N3O2/c1-13(22)21-11-10-20(12-16(21)6-4-3-5-7-16)14(23)19-9-8-15(2,17)18/h3-12H2,1-2H3,(H,19,23). The molecule has 1 saturated heterocycles. The number of nitrogens with zero attached hydrogens (tertiary/aromatic N) is 2. The number of hydrogen-bond donors (Lipinski definition) is 1. The molecule has 1 heterocycles. The second kappa shape index (κ2) is 7.01. The summed E-state index contributed by atoms with van der Waals surface area (Å²) < 4.78 is 25.7. The Balaban J connectivity index is 1.97. The molecule has 0 unspecified atom stereocenters. The molecule has 132 valence electrons. The smallest absolute Gasteiger partial charge is 0.317 e. The van der Waals surface area contributed by atoms with Crippen molar-refractivity contribution in [2.75, 3.05) is 26.2 Å². The maximum Gasteiger partial charge on any atom is 0.317 e. The molecule has 1 saturated carbocycles. The average Bonchev–Trinajstić information content (AvgIpc) is 2.46. The first kappa shape index (κ1) is 17.9. The second-order valence-electron chi connectivity index (χ2n) is 6.93. The van der Waals surface area contributed by atoms with Crippen LogP contribution < -0.4 is 5.32 Å². The Labute approximate surface area is 136 Å². The van der Waals surface area contributed by atoms with Gasteiger partial charge in [-0.15, -0.1) is 0 Å². The lowest BCUT2D eigenvalue weighted by Gasteiger charge is -2.52. The number of amides is 3. The predicted octanol–water partition coefficient (Wildman–Crippen LogP) is 2.61. The van der Waals surface area contributed by atoms with Crippen molar-refractivity contribution < 1.29 is 18.4 Å². The first-order valence-corrected chi connectivity index (χ1v) is 8.42. The molecule has 1 aliphatic carbocycles. The van der Waals surface area contributed by atoms with Crippen LogP contribution in [0.1, 0.15) is 52.4 Å². The highest BCUT2D eigenvalue weighted by Gasteiger charge is 2.44. The summed E-state index contributed by atoms with van der Waals surface area (Å²) in [5.74, 6) is -2.72. The number of rotatable bonds is 3. The van der Waals surface area contributed by atoms with Crippen molar-refractivity contribution in [3.05, 3.63) is 0 Å². The Bertz CT molecular complexity index is 445. The van der Waals surface area contributed by atoms with Gasteiger partial charge in [-0.3, -0.25) is 4.79 Å². The van der Waals surface area contributed by atoms with Gasteiger partial charge in [0, 0.05) is 39.5 Å². The summed E-state index contributed by atoms with van der Waals surface area (Å²) in [4.78, 5) is 27.8. The van der Waals surface area contributed by atoms with Crippen LogP contribution in [0.5, 0.6) is 0 Å². The molecule has 23 heavy (non-hydrogen) atoms. The lowest BCUT2D eigenvalue weighted by atomic mass is 9.78. The van der Waals surface area contributed by atoms with Gasteiger partial charge in [0.05, 0.1) is 5.54 Å². The number of hydrogen-bond acceptors (Lipinski definition) is 2. The molecule has 2 rings (SSSR count). The molecule has 0 aromatic carbocycles. The molecule has 1 aliphatic heterocycles. The third-order valence-electron chi connectivity index (χ3n) is 4.94. The van der Waals surface area contributed by atoms with Crippen molar-refractivity contribution in [3.63, 3.8) is 0 Å². The Morgan fingerprint density at radius 3 is 2.39 bits per heavy atom. The fraction of sp³-hybridized carbons (Fsp3) is 0.875. The average molecular weight is 331 g/mol. The highest BCUT2D eigenvalue weighted by Crippen LogP contribution is 2.36. The third-order valence-corrected chi connectivity index (χ3v) is 4.94. The van der Waals surface area contributed by atoms with E-state index in [0.717, 1.165) is 39.0 Å². The summed E-state index contributed by atoms with van der Waals surface area (Å²) in [7, 11) is 0. The lowest BCUT2D eigenvalue weighted by Crippen LogP contribution is -2.66. The van der Waals surface area contributed by atoms with Gasteiger partial charge in [-0.1, -0.05) is 19.3 Å². The van der Waals surface area contributed by atoms with Crippen LogP contribution in [0.2, 0.25) is 0 Å². The molecular weight excluding hydrogens is 304 g/mol. The summed E-state index contributed by atoms with van der Waals surface area (Å²) in [6.45, 7) is 3.86. The Kier molecular flexibility index (Phi) is 5.47. The highest BCUT2D eigenvalue weighted by molar-refractivity contribution is 5.77. The Hall–Kier alpha value is -1.40. The summed E-state index contributed by atoms with van der Waals surface area (Å²) in [5.41, 5.74) is -0.269. The van der Waals surface area contributed by atoms with Gasteiger partial charge in [0.25, 0.3) is 0 Å². The summed E-state index contributed by atoms with van der Waals surface area (Å²) in [6, 6.07) is -0.303. The molecule has 0 radical (unpaired) electrons. The van der Waals surface area contributed by atoms with Crippen molar-refractivity contribution >= 4 is 11.9 Å². The van der Waals surface area contributed by atoms with Crippen LogP contribution in [0, 0.1) is 0 Å². The third kappa shape index (κ3) is 4.54. The summed E-state index contributed by atoms with van der Waals surface area (Å²) >= 11 is 0. The summed E-state index contributed by atoms with van der Waals surface area (Å²) in [5, 5.41) is 2.58. The van der Waals surface area contributed by atoms with E-state index < -0.39 is 5.92 Å². The molecule has 0 bridgehead atoms. The van der Waals surface area contributed by atoms with E-state index in [1.165, 1.54) is 0 Å². The van der Waals surface area contributed by atoms with Gasteiger partial charge in [-0.05, 0) is 19.8 Å². The van der Waals surface area contributed by atoms with Gasteiger partial charge in [-0.25, -0.2) is 13.6 Å². The molecule has 0 atom stereocenters. The van der Waals surface area contributed by atoms with Crippen LogP contribution in [0.3, 0.4) is 0 Å². The number of urea groups is 1. The zero-order valence-electron chi connectivity index (χ0n) is 14.0. The molecule has 2 fully saturated rings. The minimum Gasteiger partial charge on any atom is -0.338 e. The van der Waals surface area contributed by atoms with Crippen molar-refractivity contribution in [3.8, 4) is 0 Å². The van der Waals surface area contributed by atoms with E-state index in [-0.39, 0.29) is 30.4 Å². The quantitative estimate of drug-likeness (QED) is 0.864. The van der Waals surface area contributed by atoms with Crippen LogP contribution >= 0.6 is 0 Å². The number of alkyl halides is 2. The zero-order valence-corrected chi connectivity index (χ0v) is 14.0. The van der Waals surface area contributed by atoms with Crippen LogP contribution in [-0.2, 0) is 4.79 Å². The van der Waals surface area contributed by atoms with Crippen LogP contribution in [0.25, 0.3) is 0 Å². The zero-order chi connectivity index (χ0) is 17.1. The molecule has 0 aromatic heterocycles. The molecule has 3 amide bonds. The van der Waals surface area contributed by atoms with E-state index in [0.29, 0.717) is 19.6 Å². The molecule has 1 spiro atoms. The number of nitrogens with one attached hydrogen (secondary N) is 1. The van der Waals surface area contributed by atoms with Crippen molar-refractivity contribution in [2.45, 2.75) is 63.8 Å². The molecular formula is C16H27F2N3O2. The van der Waals surface area contributed by atoms with Crippen molar-refractivity contribution in [1.82, 2.24) is 15.1 Å². The monoisotopic (exact) mass is 331 g/mol. The Morgan fingerprint density at radius 1 is 1.17 bits per heavy atom. The first-order chi connectivity index (χ1) is 10.7. The molecule has 2 aliphatic rings. The normalized spacial score (nSPS) is 21.4. The SMILES string of the molecule is CC(=O)N1CCN(C(=O)NCCC(C)(F)F)CC12CCCCC2. The Morgan fingerprint density at radius 2 is 1.83 bits per heavy atom. The highest BCUT2D eigenvalue weighted by atomic mass is 19.3. The number of halogens is 2. The van der Waals surface area contributed by atoms with E-state index >= 15 is 0 Å². The molecule has 1 N–H and O–H groups in total. The topological polar surface area (TPSA) is 52.7 Å². The minimum absolute atomic E-state index is 0.0394. The van der Waals surface area contributed by atoms with Gasteiger partial charge < -0.3 is 15.1 Å². The van der Waals surface area contributed by atoms with Gasteiger partial charge in [0.15, 0.2) is 0 Å². The van der Waals surface area contributed by atoms with Crippen LogP contribution in [-0.4, -0.2) is 59.4 Å². The van der Waals surface area contributed by atoms with E-state index in [9.17, 15) is 18.4 Å². The molecule has 5 nitrogen and oxygen atoms in total. The van der Waals surface area contributed by atoms with Gasteiger partial charge in [0.2, 0.25) is 11.8 Å². The van der Waals surface area contributed by atoms with Crippen molar-refractivity contribution in [1.29, 1.82) is 0 Å². The number of carbonyl (C=O) groups excluding carboxylic acids is 2. The summed E-state index contributed by atoms with van der Waals surface area (Å²) in [6.07, 6.45) is 4.72. The van der Waals surface area contributed by atoms with Gasteiger partial charge >= 0.3 is 6.03 Å². The van der Waals surface area contributed by atoms with E-state index in [1.54, 1.807) is 11.8 Å². The number of carbonyl (C=O) groups is 2. The van der Waals surface area contributed by atoms with Crippen LogP contribution in [0.15, 0.2) is 0 Å². The largest absolute Gasteiger partial charge is 0.338 e. The van der Waals surface area contributed by atoms with E-state index in [4.69, 9.17) is 0 Å². The second-order valence-corrected chi connectivity index (χ2v) is 6.93. The fourth-order valence-corrected chi connectivity index (χ4v) is 3.78. The van der Waals surface area contributed by atoms with Crippen molar-refractivity contribution in [2.24, 2.45) is 0 Å². The maximum atomic E-state index is 12.8. The minimum atomic E-state index is -2.77. The molecule has 7 heteroatoms. The van der Waals surface area contributed by atoms with E-state index in [1.807, 2.05) is 4.90 Å². The maximum absolute atomic E-state index is 12.8. The molecule has 0 aromatic rings. The van der Waals surface area contributed by atoms with E-state index in [2.05, 4.69) is 5.32 Å². The predicted molar refractivity (Wildman–Crippen MR) is 83.4 cm³/mol. The first-order valence-electron chi connectivity index (χ1n) is 8.42. The number of piperazine rings is 1. The fourth-order valence-electron chi connectivity index (χ4n) is 3.78. The van der Waals surface area contributed by atoms with Crippen LogP contribution in [0.4, 0.5) is 13.6 Å². The lowest BCUT2D eigenvalue weighted by molar-refractivity contribution is -0.141.